The summed E-state index contributed by atoms with van der Waals surface area (Å²) in [7, 11) is 0. The van der Waals surface area contributed by atoms with Crippen LogP contribution in [0.5, 0.6) is 0 Å². The summed E-state index contributed by atoms with van der Waals surface area (Å²) in [5.74, 6) is 2.75. The van der Waals surface area contributed by atoms with Crippen LogP contribution < -0.4 is 0 Å². The summed E-state index contributed by atoms with van der Waals surface area (Å²) >= 11 is 0. The molecule has 0 heterocycles. The van der Waals surface area contributed by atoms with Gasteiger partial charge in [-0.2, -0.15) is 0 Å². The Balaban J connectivity index is 2.43. The predicted octanol–water partition coefficient (Wildman–Crippen LogP) is 3.66. The molecule has 0 aromatic rings. The van der Waals surface area contributed by atoms with Gasteiger partial charge in [-0.15, -0.1) is 0 Å². The van der Waals surface area contributed by atoms with Crippen molar-refractivity contribution in [2.24, 2.45) is 23.2 Å². The highest BCUT2D eigenvalue weighted by Crippen LogP contribution is 2.51. The van der Waals surface area contributed by atoms with Gasteiger partial charge in [0.25, 0.3) is 12.6 Å². The molecule has 0 aromatic heterocycles. The van der Waals surface area contributed by atoms with Gasteiger partial charge in [0.05, 0.1) is 5.41 Å². The summed E-state index contributed by atoms with van der Waals surface area (Å²) in [6.07, 6.45) is 1.25. The highest BCUT2D eigenvalue weighted by molar-refractivity contribution is 5.05. The van der Waals surface area contributed by atoms with Crippen molar-refractivity contribution < 1.29 is 0 Å². The third-order valence-electron chi connectivity index (χ3n) is 3.33. The Kier molecular flexibility index (Phi) is 3.01. The summed E-state index contributed by atoms with van der Waals surface area (Å²) in [5.41, 5.74) is 0.180. The van der Waals surface area contributed by atoms with Crippen LogP contribution in [0.3, 0.4) is 0 Å². The average molecular weight is 180 g/mol. The maximum absolute atomic E-state index is 4.22. The van der Waals surface area contributed by atoms with E-state index in [-0.39, 0.29) is 5.41 Å². The molecule has 1 fully saturated rings. The van der Waals surface area contributed by atoms with Crippen molar-refractivity contribution >= 4 is 0 Å². The van der Waals surface area contributed by atoms with Crippen molar-refractivity contribution in [3.05, 3.63) is 4.85 Å². The van der Waals surface area contributed by atoms with Crippen molar-refractivity contribution in [3.63, 3.8) is 0 Å². The second kappa shape index (κ2) is 3.70. The first-order valence-electron chi connectivity index (χ1n) is 5.41. The Morgan fingerprint density at radius 2 is 1.77 bits per heavy atom. The van der Waals surface area contributed by atoms with Crippen LogP contribution in [0.15, 0.2) is 0 Å². The van der Waals surface area contributed by atoms with E-state index in [2.05, 4.69) is 45.5 Å². The van der Waals surface area contributed by atoms with Crippen molar-refractivity contribution in [1.82, 2.24) is 0 Å². The number of nitrogens with zero attached hydrogens (tertiary/aromatic N) is 1. The van der Waals surface area contributed by atoms with Gasteiger partial charge in [0.1, 0.15) is 0 Å². The molecular formula is C12H22N+. The molecule has 74 valence electrons. The van der Waals surface area contributed by atoms with E-state index in [1.807, 2.05) is 0 Å². The van der Waals surface area contributed by atoms with Gasteiger partial charge in [-0.3, -0.25) is 0 Å². The van der Waals surface area contributed by atoms with E-state index in [1.165, 1.54) is 6.42 Å². The third kappa shape index (κ3) is 2.72. The van der Waals surface area contributed by atoms with Crippen LogP contribution in [-0.4, -0.2) is 6.54 Å². The van der Waals surface area contributed by atoms with E-state index in [4.69, 9.17) is 0 Å². The first kappa shape index (κ1) is 10.6. The van der Waals surface area contributed by atoms with E-state index >= 15 is 0 Å². The minimum atomic E-state index is 0.180. The largest absolute Gasteiger partial charge is 0.279 e. The van der Waals surface area contributed by atoms with Gasteiger partial charge in [0.2, 0.25) is 0 Å². The van der Waals surface area contributed by atoms with Crippen LogP contribution in [0, 0.1) is 29.2 Å². The second-order valence-electron chi connectivity index (χ2n) is 5.06. The van der Waals surface area contributed by atoms with E-state index in [9.17, 15) is 0 Å². The number of hydrogen-bond acceptors (Lipinski definition) is 0. The fourth-order valence-corrected chi connectivity index (χ4v) is 2.07. The molecule has 0 saturated heterocycles. The van der Waals surface area contributed by atoms with Gasteiger partial charge in [0.15, 0.2) is 0 Å². The van der Waals surface area contributed by atoms with Crippen LogP contribution in [0.25, 0.3) is 4.85 Å². The molecule has 2 unspecified atom stereocenters. The SMILES string of the molecule is CC[N+]#CC(C)(C)CC1C(C)C1C. The van der Waals surface area contributed by atoms with Gasteiger partial charge in [-0.05, 0) is 38.0 Å². The molecule has 0 aromatic carbocycles. The fraction of sp³-hybridized carbons (Fsp3) is 0.917. The molecule has 1 aliphatic carbocycles. The highest BCUT2D eigenvalue weighted by Gasteiger charge is 2.46. The maximum atomic E-state index is 4.22. The summed E-state index contributed by atoms with van der Waals surface area (Å²) in [5, 5.41) is 0. The third-order valence-corrected chi connectivity index (χ3v) is 3.33. The number of hydrogen-bond donors (Lipinski definition) is 0. The normalized spacial score (nSPS) is 32.2. The van der Waals surface area contributed by atoms with Gasteiger partial charge in [0, 0.05) is 6.92 Å². The molecule has 1 nitrogen and oxygen atoms in total. The minimum Gasteiger partial charge on any atom is -0.0834 e. The second-order valence-corrected chi connectivity index (χ2v) is 5.06. The standard InChI is InChI=1S/C12H22N/c1-6-13-8-12(4,5)7-11-9(2)10(11)3/h9-11H,6-7H2,1-5H3/q+1. The molecule has 0 N–H and O–H groups in total. The zero-order valence-corrected chi connectivity index (χ0v) is 9.59. The zero-order chi connectivity index (χ0) is 10.1. The van der Waals surface area contributed by atoms with Crippen LogP contribution >= 0.6 is 0 Å². The smallest absolute Gasteiger partial charge is 0.0834 e. The molecule has 1 saturated carbocycles. The van der Waals surface area contributed by atoms with Crippen LogP contribution in [0.4, 0.5) is 0 Å². The Labute approximate surface area is 82.4 Å². The summed E-state index contributed by atoms with van der Waals surface area (Å²) in [6.45, 7) is 12.1. The molecule has 0 amide bonds. The predicted molar refractivity (Wildman–Crippen MR) is 58.0 cm³/mol. The molecular weight excluding hydrogens is 158 g/mol. The summed E-state index contributed by atoms with van der Waals surface area (Å²) in [4.78, 5) is 4.22. The first-order valence-corrected chi connectivity index (χ1v) is 5.41. The van der Waals surface area contributed by atoms with Crippen LogP contribution in [0.2, 0.25) is 0 Å². The van der Waals surface area contributed by atoms with Crippen LogP contribution in [0.1, 0.15) is 41.0 Å². The Morgan fingerprint density at radius 3 is 2.15 bits per heavy atom. The van der Waals surface area contributed by atoms with Gasteiger partial charge >= 0.3 is 0 Å². The molecule has 1 rings (SSSR count). The van der Waals surface area contributed by atoms with E-state index in [0.717, 1.165) is 24.3 Å². The summed E-state index contributed by atoms with van der Waals surface area (Å²) in [6, 6.07) is 3.25. The van der Waals surface area contributed by atoms with Crippen molar-refractivity contribution in [2.45, 2.75) is 41.0 Å². The molecule has 0 aliphatic heterocycles. The molecule has 1 heteroatoms. The minimum absolute atomic E-state index is 0.180. The Hall–Kier alpha value is -0.510. The topological polar surface area (TPSA) is 4.36 Å². The summed E-state index contributed by atoms with van der Waals surface area (Å²) < 4.78 is 0. The fourth-order valence-electron chi connectivity index (χ4n) is 2.07. The maximum Gasteiger partial charge on any atom is 0.279 e. The molecule has 0 bridgehead atoms. The molecule has 1 aliphatic rings. The highest BCUT2D eigenvalue weighted by atomic mass is 14.6. The molecule has 0 radical (unpaired) electrons. The lowest BCUT2D eigenvalue weighted by Crippen LogP contribution is -2.09. The van der Waals surface area contributed by atoms with Gasteiger partial charge in [-0.25, -0.2) is 0 Å². The monoisotopic (exact) mass is 180 g/mol. The van der Waals surface area contributed by atoms with Gasteiger partial charge < -0.3 is 0 Å². The molecule has 0 spiro atoms. The average Bonchev–Trinajstić information content (AvgIpc) is 2.58. The first-order chi connectivity index (χ1) is 5.98. The Morgan fingerprint density at radius 1 is 1.23 bits per heavy atom. The van der Waals surface area contributed by atoms with Crippen molar-refractivity contribution in [2.75, 3.05) is 6.54 Å². The zero-order valence-electron chi connectivity index (χ0n) is 9.59. The lowest BCUT2D eigenvalue weighted by molar-refractivity contribution is 0.407. The van der Waals surface area contributed by atoms with E-state index < -0.39 is 0 Å². The lowest BCUT2D eigenvalue weighted by Gasteiger charge is -2.10. The van der Waals surface area contributed by atoms with Crippen molar-refractivity contribution in [1.29, 1.82) is 0 Å². The van der Waals surface area contributed by atoms with E-state index in [0.29, 0.717) is 0 Å². The van der Waals surface area contributed by atoms with E-state index in [1.54, 1.807) is 0 Å². The molecule has 2 atom stereocenters. The Bertz CT molecular complexity index is 223. The molecule has 13 heavy (non-hydrogen) atoms. The van der Waals surface area contributed by atoms with Crippen LogP contribution in [-0.2, 0) is 0 Å². The lowest BCUT2D eigenvalue weighted by atomic mass is 9.88. The van der Waals surface area contributed by atoms with Gasteiger partial charge in [-0.1, -0.05) is 18.7 Å². The van der Waals surface area contributed by atoms with Crippen molar-refractivity contribution in [3.8, 4) is 6.07 Å². The number of rotatable bonds is 2. The quantitative estimate of drug-likeness (QED) is 0.611.